The van der Waals surface area contributed by atoms with Crippen LogP contribution in [-0.4, -0.2) is 255 Å². The number of carbonyl (C=O) groups excluding carboxylic acids is 14. The van der Waals surface area contributed by atoms with Crippen LogP contribution in [0.5, 0.6) is 0 Å². The molecule has 0 unspecified atom stereocenters. The number of nitrogens with two attached hydrogens (primary N) is 4. The van der Waals surface area contributed by atoms with E-state index < -0.39 is 217 Å². The first kappa shape index (κ1) is 94.3. The number of aliphatic hydroxyl groups excluding tert-OH is 2. The molecule has 0 aromatic heterocycles. The van der Waals surface area contributed by atoms with Gasteiger partial charge in [-0.3, -0.25) is 71.9 Å². The molecule has 0 bridgehead atoms. The van der Waals surface area contributed by atoms with Gasteiger partial charge in [-0.25, -0.2) is 4.79 Å². The Balaban J connectivity index is 2.45. The van der Waals surface area contributed by atoms with Gasteiger partial charge in [0.1, 0.15) is 78.5 Å². The third-order valence-corrected chi connectivity index (χ3v) is 18.0. The molecule has 1 aliphatic heterocycles. The van der Waals surface area contributed by atoms with E-state index in [1.807, 2.05) is 0 Å². The lowest BCUT2D eigenvalue weighted by Crippen LogP contribution is -2.61. The molecule has 1 heterocycles. The standard InChI is InChI=1S/C68H113N17O20S2/c1-35(2)29-46(61(97)73-37(5)55(91)75-43(20-13-15-26-70)60(96)84-54(39(7)87)68(104)105)80-58(94)44(22-23-53(89)90)77-65(101)50(34-106)83-63(99)48(31-40-17-10-9-11-18-40)81-59(95)45(24-28-107-8)78-57(93)42(19-12-14-25-69)76-64(100)49(32-52(72)88)82-62(98)47(30-36(3)4)79-56(92)38(6)74-66(102)51-21-16-27-85(51)67(103)41(71)33-86/h9-11,17-18,35-39,41-51,54,86-87,106H,12-16,19-34,69-71H2,1-8H3,(H2,72,88)(H,73,97)(H,74,102)(H,75,91)(H,76,100)(H,77,101)(H,78,93)(H,79,92)(H,80,94)(H,81,95)(H,82,98)(H,83,99)(H,84,96)(H,89,90)(H,104,105)/t37-,38-,39+,41-,42-,43-,44-,45-,46-,47-,48-,49-,50-,51-,54-/m0/s1. The Bertz CT molecular complexity index is 3160. The van der Waals surface area contributed by atoms with Crippen molar-refractivity contribution in [2.24, 2.45) is 34.8 Å². The molecule has 24 N–H and O–H groups in total. The van der Waals surface area contributed by atoms with E-state index >= 15 is 0 Å². The Kier molecular flexibility index (Phi) is 43.4. The lowest BCUT2D eigenvalue weighted by atomic mass is 10.0. The minimum absolute atomic E-state index is 0.0111. The van der Waals surface area contributed by atoms with Crippen LogP contribution in [0, 0.1) is 11.8 Å². The molecule has 0 saturated carbocycles. The fourth-order valence-electron chi connectivity index (χ4n) is 11.1. The van der Waals surface area contributed by atoms with E-state index in [1.165, 1.54) is 30.5 Å². The topological polar surface area (TPSA) is 606 Å². The number of unbranched alkanes of at least 4 members (excludes halogenated alkanes) is 2. The Labute approximate surface area is 632 Å². The van der Waals surface area contributed by atoms with Crippen molar-refractivity contribution in [1.29, 1.82) is 0 Å². The molecule has 0 spiro atoms. The lowest BCUT2D eigenvalue weighted by Gasteiger charge is -2.29. The van der Waals surface area contributed by atoms with E-state index in [9.17, 15) is 97.1 Å². The van der Waals surface area contributed by atoms with Gasteiger partial charge in [0.25, 0.3) is 0 Å². The number of nitrogens with zero attached hydrogens (tertiary/aromatic N) is 1. The molecule has 1 aromatic carbocycles. The van der Waals surface area contributed by atoms with Crippen molar-refractivity contribution in [3.05, 3.63) is 35.9 Å². The summed E-state index contributed by atoms with van der Waals surface area (Å²) in [6.45, 7) is 10.5. The molecule has 0 aliphatic carbocycles. The largest absolute Gasteiger partial charge is 0.481 e. The monoisotopic (exact) mass is 1550 g/mol. The average Bonchev–Trinajstić information content (AvgIpc) is 1.73. The van der Waals surface area contributed by atoms with E-state index in [2.05, 4.69) is 76.4 Å². The number of thioether (sulfide) groups is 1. The highest BCUT2D eigenvalue weighted by atomic mass is 32.2. The van der Waals surface area contributed by atoms with Crippen LogP contribution in [0.4, 0.5) is 0 Å². The number of likely N-dealkylation sites (tertiary alicyclic amines) is 1. The number of rotatable bonds is 51. The van der Waals surface area contributed by atoms with Gasteiger partial charge in [-0.2, -0.15) is 24.4 Å². The number of carboxylic acid groups (broad SMARTS) is 2. The summed E-state index contributed by atoms with van der Waals surface area (Å²) in [4.78, 5) is 219. The van der Waals surface area contributed by atoms with Gasteiger partial charge < -0.3 is 112 Å². The molecule has 37 nitrogen and oxygen atoms in total. The van der Waals surface area contributed by atoms with E-state index in [0.717, 1.165) is 6.92 Å². The first-order chi connectivity index (χ1) is 50.4. The molecule has 0 radical (unpaired) electrons. The van der Waals surface area contributed by atoms with Gasteiger partial charge >= 0.3 is 11.9 Å². The number of hydrogen-bond acceptors (Lipinski definition) is 23. The van der Waals surface area contributed by atoms with Crippen molar-refractivity contribution in [3.8, 4) is 0 Å². The summed E-state index contributed by atoms with van der Waals surface area (Å²) < 4.78 is 0. The van der Waals surface area contributed by atoms with E-state index in [0.29, 0.717) is 31.2 Å². The number of amides is 14. The highest BCUT2D eigenvalue weighted by molar-refractivity contribution is 7.98. The minimum Gasteiger partial charge on any atom is -0.481 e. The number of nitrogens with one attached hydrogen (secondary N) is 12. The molecule has 1 saturated heterocycles. The Hall–Kier alpha value is -8.76. The van der Waals surface area contributed by atoms with Gasteiger partial charge in [0.05, 0.1) is 19.1 Å². The highest BCUT2D eigenvalue weighted by Gasteiger charge is 2.40. The SMILES string of the molecule is CSCC[C@H](NC(=O)[C@H](CCCCN)NC(=O)[C@H](CC(N)=O)NC(=O)[C@H](CC(C)C)NC(=O)[C@H](C)NC(=O)[C@@H]1CCCN1C(=O)[C@@H](N)CO)C(=O)N[C@@H](Cc1ccccc1)C(=O)N[C@@H](CS)C(=O)N[C@@H](CCC(=O)O)C(=O)N[C@@H](CC(C)C)C(=O)N[C@@H](C)C(=O)N[C@@H](CCCCN)C(=O)N[C@H](C(=O)O)[C@@H](C)O. The van der Waals surface area contributed by atoms with Crippen LogP contribution in [0.3, 0.4) is 0 Å². The molecular formula is C68H113N17O20S2. The lowest BCUT2D eigenvalue weighted by molar-refractivity contribution is -0.145. The first-order valence-corrected chi connectivity index (χ1v) is 37.7. The number of carboxylic acids is 2. The second-order valence-corrected chi connectivity index (χ2v) is 28.5. The van der Waals surface area contributed by atoms with Crippen molar-refractivity contribution in [2.45, 2.75) is 235 Å². The summed E-state index contributed by atoms with van der Waals surface area (Å²) in [5.41, 5.74) is 23.2. The van der Waals surface area contributed by atoms with Gasteiger partial charge in [-0.1, -0.05) is 58.0 Å². The van der Waals surface area contributed by atoms with Gasteiger partial charge in [-0.05, 0) is 140 Å². The van der Waals surface area contributed by atoms with E-state index in [4.69, 9.17) is 22.9 Å². The number of benzene rings is 1. The van der Waals surface area contributed by atoms with Gasteiger partial charge in [0.15, 0.2) is 6.04 Å². The molecule has 39 heteroatoms. The van der Waals surface area contributed by atoms with Crippen molar-refractivity contribution in [1.82, 2.24) is 68.7 Å². The molecule has 15 atom stereocenters. The van der Waals surface area contributed by atoms with Crippen LogP contribution in [-0.2, 0) is 83.1 Å². The molecular weight excluding hydrogens is 1440 g/mol. The smallest absolute Gasteiger partial charge is 0.328 e. The van der Waals surface area contributed by atoms with Crippen LogP contribution in [0.2, 0.25) is 0 Å². The maximum Gasteiger partial charge on any atom is 0.328 e. The number of aliphatic hydroxyl groups is 2. The van der Waals surface area contributed by atoms with Crippen molar-refractivity contribution < 1.29 is 97.1 Å². The Morgan fingerprint density at radius 3 is 1.41 bits per heavy atom. The van der Waals surface area contributed by atoms with Crippen LogP contribution >= 0.6 is 24.4 Å². The van der Waals surface area contributed by atoms with Gasteiger partial charge in [-0.15, -0.1) is 0 Å². The number of carbonyl (C=O) groups is 16. The molecule has 1 aromatic rings. The Morgan fingerprint density at radius 2 is 0.944 bits per heavy atom. The summed E-state index contributed by atoms with van der Waals surface area (Å²) in [5.74, 6) is -16.7. The van der Waals surface area contributed by atoms with E-state index in [1.54, 1.807) is 64.3 Å². The third-order valence-electron chi connectivity index (χ3n) is 17.0. The zero-order valence-corrected chi connectivity index (χ0v) is 63.7. The van der Waals surface area contributed by atoms with Crippen LogP contribution in [0.25, 0.3) is 0 Å². The fourth-order valence-corrected chi connectivity index (χ4v) is 11.9. The second kappa shape index (κ2) is 49.2. The summed E-state index contributed by atoms with van der Waals surface area (Å²) in [6, 6.07) is -12.0. The van der Waals surface area contributed by atoms with Crippen molar-refractivity contribution >= 4 is 119 Å². The summed E-state index contributed by atoms with van der Waals surface area (Å²) in [7, 11) is 0. The van der Waals surface area contributed by atoms with Crippen molar-refractivity contribution in [2.75, 3.05) is 44.0 Å². The quantitative estimate of drug-likeness (QED) is 0.0214. The molecule has 1 aliphatic rings. The first-order valence-electron chi connectivity index (χ1n) is 35.7. The fraction of sp³-hybridized carbons (Fsp3) is 0.676. The van der Waals surface area contributed by atoms with Gasteiger partial charge in [0.2, 0.25) is 82.7 Å². The predicted octanol–water partition coefficient (Wildman–Crippen LogP) is -5.36. The summed E-state index contributed by atoms with van der Waals surface area (Å²) in [6.07, 6.45) is -0.345. The molecule has 107 heavy (non-hydrogen) atoms. The zero-order chi connectivity index (χ0) is 80.8. The van der Waals surface area contributed by atoms with E-state index in [-0.39, 0.29) is 88.6 Å². The molecule has 1 fully saturated rings. The minimum atomic E-state index is -1.75. The molecule has 2 rings (SSSR count). The highest BCUT2D eigenvalue weighted by Crippen LogP contribution is 2.20. The summed E-state index contributed by atoms with van der Waals surface area (Å²) in [5, 5.41) is 68.7. The van der Waals surface area contributed by atoms with Crippen LogP contribution in [0.1, 0.15) is 144 Å². The number of primary amides is 1. The second-order valence-electron chi connectivity index (χ2n) is 27.1. The third kappa shape index (κ3) is 34.4. The van der Waals surface area contributed by atoms with Crippen LogP contribution in [0.15, 0.2) is 30.3 Å². The summed E-state index contributed by atoms with van der Waals surface area (Å²) >= 11 is 5.59. The molecule has 602 valence electrons. The normalized spacial score (nSPS) is 16.6. The predicted molar refractivity (Wildman–Crippen MR) is 396 cm³/mol. The van der Waals surface area contributed by atoms with Gasteiger partial charge in [0, 0.05) is 25.1 Å². The zero-order valence-electron chi connectivity index (χ0n) is 62.0. The van der Waals surface area contributed by atoms with Crippen LogP contribution < -0.4 is 86.7 Å². The maximum atomic E-state index is 14.6. The average molecular weight is 1550 g/mol. The number of aliphatic carboxylic acids is 2. The number of hydrogen-bond donors (Lipinski definition) is 21. The van der Waals surface area contributed by atoms with Crippen molar-refractivity contribution in [3.63, 3.8) is 0 Å². The Morgan fingerprint density at radius 1 is 0.533 bits per heavy atom. The number of thiol groups is 1. The maximum absolute atomic E-state index is 14.6. The molecule has 14 amide bonds.